The highest BCUT2D eigenvalue weighted by atomic mass is 79.9. The van der Waals surface area contributed by atoms with Gasteiger partial charge in [0.1, 0.15) is 10.4 Å². The Labute approximate surface area is 126 Å². The van der Waals surface area contributed by atoms with Crippen molar-refractivity contribution in [3.05, 3.63) is 52.3 Å². The summed E-state index contributed by atoms with van der Waals surface area (Å²) >= 11 is 3.33. The summed E-state index contributed by atoms with van der Waals surface area (Å²) in [4.78, 5) is 16.4. The first-order valence-corrected chi connectivity index (χ1v) is 7.06. The molecule has 0 aliphatic heterocycles. The summed E-state index contributed by atoms with van der Waals surface area (Å²) in [5, 5.41) is 2.82. The van der Waals surface area contributed by atoms with Crippen molar-refractivity contribution in [2.24, 2.45) is 0 Å². The number of amides is 1. The Balaban J connectivity index is 2.21. The zero-order valence-electron chi connectivity index (χ0n) is 11.3. The van der Waals surface area contributed by atoms with Gasteiger partial charge >= 0.3 is 0 Å². The van der Waals surface area contributed by atoms with E-state index in [1.54, 1.807) is 18.3 Å². The Morgan fingerprint density at radius 3 is 2.85 bits per heavy atom. The Bertz CT molecular complexity index is 629. The molecule has 0 bridgehead atoms. The van der Waals surface area contributed by atoms with Gasteiger partial charge in [0.05, 0.1) is 24.1 Å². The van der Waals surface area contributed by atoms with Crippen LogP contribution in [0.2, 0.25) is 0 Å². The van der Waals surface area contributed by atoms with Gasteiger partial charge in [0.2, 0.25) is 0 Å². The average molecular weight is 335 g/mol. The maximum absolute atomic E-state index is 12.3. The van der Waals surface area contributed by atoms with Crippen LogP contribution in [-0.4, -0.2) is 17.5 Å². The Morgan fingerprint density at radius 2 is 2.15 bits per heavy atom. The van der Waals surface area contributed by atoms with Crippen LogP contribution >= 0.6 is 15.9 Å². The molecule has 0 spiro atoms. The molecule has 5 heteroatoms. The third-order valence-corrected chi connectivity index (χ3v) is 3.53. The minimum atomic E-state index is -0.211. The van der Waals surface area contributed by atoms with Gasteiger partial charge in [-0.1, -0.05) is 12.1 Å². The number of pyridine rings is 1. The van der Waals surface area contributed by atoms with Crippen LogP contribution in [0.1, 0.15) is 22.8 Å². The number of hydrogen-bond acceptors (Lipinski definition) is 3. The predicted molar refractivity (Wildman–Crippen MR) is 82.2 cm³/mol. The lowest BCUT2D eigenvalue weighted by Gasteiger charge is -2.10. The van der Waals surface area contributed by atoms with E-state index in [2.05, 4.69) is 26.2 Å². The number of rotatable bonds is 4. The molecular weight excluding hydrogens is 320 g/mol. The number of benzene rings is 1. The zero-order chi connectivity index (χ0) is 14.5. The highest BCUT2D eigenvalue weighted by Crippen LogP contribution is 2.21. The van der Waals surface area contributed by atoms with Crippen molar-refractivity contribution < 1.29 is 9.53 Å². The molecule has 0 aliphatic carbocycles. The molecule has 2 rings (SSSR count). The van der Waals surface area contributed by atoms with Crippen molar-refractivity contribution in [2.45, 2.75) is 13.8 Å². The molecule has 1 aromatic carbocycles. The first-order valence-electron chi connectivity index (χ1n) is 6.27. The third kappa shape index (κ3) is 3.36. The third-order valence-electron chi connectivity index (χ3n) is 2.70. The number of hydrogen-bond donors (Lipinski definition) is 1. The Hall–Kier alpha value is -1.88. The first-order chi connectivity index (χ1) is 9.61. The molecule has 0 atom stereocenters. The second-order valence-corrected chi connectivity index (χ2v) is 4.97. The van der Waals surface area contributed by atoms with Crippen LogP contribution in [-0.2, 0) is 0 Å². The van der Waals surface area contributed by atoms with E-state index in [0.717, 1.165) is 10.2 Å². The lowest BCUT2D eigenvalue weighted by Crippen LogP contribution is -2.14. The van der Waals surface area contributed by atoms with Gasteiger partial charge in [-0.15, -0.1) is 0 Å². The lowest BCUT2D eigenvalue weighted by molar-refractivity contribution is 0.102. The van der Waals surface area contributed by atoms with E-state index in [4.69, 9.17) is 4.74 Å². The summed E-state index contributed by atoms with van der Waals surface area (Å²) in [6, 6.07) is 9.02. The van der Waals surface area contributed by atoms with Crippen LogP contribution in [0.15, 0.2) is 41.1 Å². The number of carbonyl (C=O) groups excluding carboxylic acids is 1. The number of carbonyl (C=O) groups is 1. The van der Waals surface area contributed by atoms with Gasteiger partial charge in [0.15, 0.2) is 0 Å². The molecule has 0 radical (unpaired) electrons. The van der Waals surface area contributed by atoms with Gasteiger partial charge in [0, 0.05) is 0 Å². The van der Waals surface area contributed by atoms with Crippen molar-refractivity contribution in [3.8, 4) is 5.75 Å². The SMILES string of the molecule is CCOc1ccccc1C(=O)Nc1cnc(Br)c(C)c1. The fourth-order valence-electron chi connectivity index (χ4n) is 1.76. The lowest BCUT2D eigenvalue weighted by atomic mass is 10.2. The van der Waals surface area contributed by atoms with Gasteiger partial charge in [-0.2, -0.15) is 0 Å². The fourth-order valence-corrected chi connectivity index (χ4v) is 1.98. The van der Waals surface area contributed by atoms with Crippen molar-refractivity contribution in [2.75, 3.05) is 11.9 Å². The molecule has 0 aliphatic rings. The molecule has 0 saturated heterocycles. The van der Waals surface area contributed by atoms with Crippen molar-refractivity contribution in [3.63, 3.8) is 0 Å². The largest absolute Gasteiger partial charge is 0.493 e. The first kappa shape index (κ1) is 14.5. The Morgan fingerprint density at radius 1 is 1.40 bits per heavy atom. The molecule has 0 unspecified atom stereocenters. The van der Waals surface area contributed by atoms with E-state index in [1.807, 2.05) is 32.0 Å². The van der Waals surface area contributed by atoms with E-state index in [9.17, 15) is 4.79 Å². The van der Waals surface area contributed by atoms with Crippen molar-refractivity contribution in [1.29, 1.82) is 0 Å². The molecule has 20 heavy (non-hydrogen) atoms. The van der Waals surface area contributed by atoms with Gasteiger partial charge in [-0.05, 0) is 53.5 Å². The van der Waals surface area contributed by atoms with Crippen molar-refractivity contribution >= 4 is 27.5 Å². The van der Waals surface area contributed by atoms with E-state index >= 15 is 0 Å². The molecule has 104 valence electrons. The second-order valence-electron chi connectivity index (χ2n) is 4.21. The molecular formula is C15H15BrN2O2. The number of anilines is 1. The smallest absolute Gasteiger partial charge is 0.259 e. The van der Waals surface area contributed by atoms with Crippen LogP contribution < -0.4 is 10.1 Å². The summed E-state index contributed by atoms with van der Waals surface area (Å²) in [5.74, 6) is 0.367. The minimum absolute atomic E-state index is 0.211. The Kier molecular flexibility index (Phi) is 4.74. The monoisotopic (exact) mass is 334 g/mol. The predicted octanol–water partition coefficient (Wildman–Crippen LogP) is 3.80. The van der Waals surface area contributed by atoms with Crippen LogP contribution in [0, 0.1) is 6.92 Å². The topological polar surface area (TPSA) is 51.2 Å². The highest BCUT2D eigenvalue weighted by molar-refractivity contribution is 9.10. The van der Waals surface area contributed by atoms with Gasteiger partial charge in [0.25, 0.3) is 5.91 Å². The molecule has 1 heterocycles. The summed E-state index contributed by atoms with van der Waals surface area (Å²) in [6.45, 7) is 4.32. The van der Waals surface area contributed by atoms with E-state index in [-0.39, 0.29) is 5.91 Å². The number of para-hydroxylation sites is 1. The highest BCUT2D eigenvalue weighted by Gasteiger charge is 2.12. The maximum Gasteiger partial charge on any atom is 0.259 e. The number of aromatic nitrogens is 1. The average Bonchev–Trinajstić information content (AvgIpc) is 2.44. The van der Waals surface area contributed by atoms with Crippen LogP contribution in [0.25, 0.3) is 0 Å². The number of aryl methyl sites for hydroxylation is 1. The van der Waals surface area contributed by atoms with Gasteiger partial charge < -0.3 is 10.1 Å². The fraction of sp³-hybridized carbons (Fsp3) is 0.200. The van der Waals surface area contributed by atoms with E-state index in [1.165, 1.54) is 0 Å². The summed E-state index contributed by atoms with van der Waals surface area (Å²) in [7, 11) is 0. The second kappa shape index (κ2) is 6.52. The standard InChI is InChI=1S/C15H15BrN2O2/c1-3-20-13-7-5-4-6-12(13)15(19)18-11-8-10(2)14(16)17-9-11/h4-9H,3H2,1-2H3,(H,18,19). The quantitative estimate of drug-likeness (QED) is 0.865. The zero-order valence-corrected chi connectivity index (χ0v) is 12.9. The van der Waals surface area contributed by atoms with E-state index in [0.29, 0.717) is 23.6 Å². The molecule has 2 aromatic rings. The summed E-state index contributed by atoms with van der Waals surface area (Å²) in [5.41, 5.74) is 2.12. The minimum Gasteiger partial charge on any atom is -0.493 e. The normalized spacial score (nSPS) is 10.2. The maximum atomic E-state index is 12.3. The van der Waals surface area contributed by atoms with Crippen LogP contribution in [0.5, 0.6) is 5.75 Å². The number of nitrogens with one attached hydrogen (secondary N) is 1. The molecule has 1 amide bonds. The molecule has 1 aromatic heterocycles. The van der Waals surface area contributed by atoms with Crippen LogP contribution in [0.3, 0.4) is 0 Å². The van der Waals surface area contributed by atoms with E-state index < -0.39 is 0 Å². The molecule has 0 fully saturated rings. The number of ether oxygens (including phenoxy) is 1. The van der Waals surface area contributed by atoms with Gasteiger partial charge in [-0.25, -0.2) is 4.98 Å². The molecule has 1 N–H and O–H groups in total. The van der Waals surface area contributed by atoms with Crippen LogP contribution in [0.4, 0.5) is 5.69 Å². The number of halogens is 1. The summed E-state index contributed by atoms with van der Waals surface area (Å²) in [6.07, 6.45) is 1.61. The molecule has 0 saturated carbocycles. The number of nitrogens with zero attached hydrogens (tertiary/aromatic N) is 1. The summed E-state index contributed by atoms with van der Waals surface area (Å²) < 4.78 is 6.22. The molecule has 4 nitrogen and oxygen atoms in total. The van der Waals surface area contributed by atoms with Crippen molar-refractivity contribution in [1.82, 2.24) is 4.98 Å². The van der Waals surface area contributed by atoms with Gasteiger partial charge in [-0.3, -0.25) is 4.79 Å².